The highest BCUT2D eigenvalue weighted by Crippen LogP contribution is 2.17. The van der Waals surface area contributed by atoms with Crippen LogP contribution in [0.2, 0.25) is 0 Å². The van der Waals surface area contributed by atoms with E-state index in [2.05, 4.69) is 5.10 Å². The standard InChI is InChI=1S/C10H9N3O2/c1-8-7-12(11-10(8)13(14)15)9-5-3-2-4-6-9/h2-7H,1H3. The molecule has 0 saturated carbocycles. The molecule has 0 aliphatic heterocycles. The number of aryl methyl sites for hydroxylation is 1. The first-order valence-electron chi connectivity index (χ1n) is 4.44. The largest absolute Gasteiger partial charge is 0.393 e. The highest BCUT2D eigenvalue weighted by atomic mass is 16.6. The van der Waals surface area contributed by atoms with Gasteiger partial charge in [0.15, 0.2) is 0 Å². The maximum atomic E-state index is 10.6. The van der Waals surface area contributed by atoms with E-state index in [4.69, 9.17) is 0 Å². The van der Waals surface area contributed by atoms with Gasteiger partial charge in [0, 0.05) is 0 Å². The summed E-state index contributed by atoms with van der Waals surface area (Å²) in [6, 6.07) is 9.29. The highest BCUT2D eigenvalue weighted by Gasteiger charge is 2.17. The Hall–Kier alpha value is -2.17. The third-order valence-electron chi connectivity index (χ3n) is 2.06. The van der Waals surface area contributed by atoms with E-state index in [-0.39, 0.29) is 5.82 Å². The minimum Gasteiger partial charge on any atom is -0.358 e. The van der Waals surface area contributed by atoms with Gasteiger partial charge >= 0.3 is 5.82 Å². The van der Waals surface area contributed by atoms with Crippen LogP contribution >= 0.6 is 0 Å². The van der Waals surface area contributed by atoms with Crippen molar-refractivity contribution >= 4 is 5.82 Å². The number of nitrogens with zero attached hydrogens (tertiary/aromatic N) is 3. The molecular formula is C10H9N3O2. The van der Waals surface area contributed by atoms with Crippen LogP contribution in [0.4, 0.5) is 5.82 Å². The molecule has 0 atom stereocenters. The number of hydrogen-bond acceptors (Lipinski definition) is 3. The summed E-state index contributed by atoms with van der Waals surface area (Å²) in [4.78, 5) is 10.1. The number of hydrogen-bond donors (Lipinski definition) is 0. The van der Waals surface area contributed by atoms with Gasteiger partial charge in [0.25, 0.3) is 0 Å². The molecule has 0 unspecified atom stereocenters. The summed E-state index contributed by atoms with van der Waals surface area (Å²) >= 11 is 0. The Kier molecular flexibility index (Phi) is 2.21. The summed E-state index contributed by atoms with van der Waals surface area (Å²) in [6.07, 6.45) is 1.65. The van der Waals surface area contributed by atoms with Gasteiger partial charge < -0.3 is 10.1 Å². The Labute approximate surface area is 86.1 Å². The van der Waals surface area contributed by atoms with E-state index in [1.807, 2.05) is 30.3 Å². The molecule has 0 amide bonds. The number of benzene rings is 1. The van der Waals surface area contributed by atoms with E-state index in [1.54, 1.807) is 13.1 Å². The second kappa shape index (κ2) is 3.53. The molecule has 0 aliphatic rings. The van der Waals surface area contributed by atoms with Crippen LogP contribution in [0.3, 0.4) is 0 Å². The fourth-order valence-corrected chi connectivity index (χ4v) is 1.34. The lowest BCUT2D eigenvalue weighted by Gasteiger charge is -1.93. The molecule has 2 rings (SSSR count). The molecule has 0 aliphatic carbocycles. The molecule has 1 heterocycles. The fourth-order valence-electron chi connectivity index (χ4n) is 1.34. The van der Waals surface area contributed by atoms with E-state index in [1.165, 1.54) is 4.68 Å². The SMILES string of the molecule is Cc1cn(-c2ccccc2)nc1[N+](=O)[O-]. The maximum absolute atomic E-state index is 10.6. The van der Waals surface area contributed by atoms with Crippen molar-refractivity contribution in [1.82, 2.24) is 9.78 Å². The second-order valence-electron chi connectivity index (χ2n) is 3.17. The van der Waals surface area contributed by atoms with Crippen LogP contribution in [-0.2, 0) is 0 Å². The van der Waals surface area contributed by atoms with Gasteiger partial charge in [-0.15, -0.1) is 4.68 Å². The summed E-state index contributed by atoms with van der Waals surface area (Å²) in [7, 11) is 0. The normalized spacial score (nSPS) is 10.2. The van der Waals surface area contributed by atoms with Gasteiger partial charge in [-0.2, -0.15) is 0 Å². The van der Waals surface area contributed by atoms with Crippen LogP contribution in [0.1, 0.15) is 5.56 Å². The number of rotatable bonds is 2. The van der Waals surface area contributed by atoms with Gasteiger partial charge in [-0.25, -0.2) is 0 Å². The molecule has 1 aromatic carbocycles. The predicted octanol–water partition coefficient (Wildman–Crippen LogP) is 2.09. The van der Waals surface area contributed by atoms with Crippen LogP contribution in [0, 0.1) is 17.0 Å². The van der Waals surface area contributed by atoms with Crippen molar-refractivity contribution in [3.05, 3.63) is 52.2 Å². The monoisotopic (exact) mass is 203 g/mol. The molecule has 0 radical (unpaired) electrons. The Morgan fingerprint density at radius 3 is 2.53 bits per heavy atom. The Balaban J connectivity index is 2.48. The summed E-state index contributed by atoms with van der Waals surface area (Å²) in [5, 5.41) is 14.5. The second-order valence-corrected chi connectivity index (χ2v) is 3.17. The molecule has 0 fully saturated rings. The van der Waals surface area contributed by atoms with E-state index >= 15 is 0 Å². The Morgan fingerprint density at radius 1 is 1.33 bits per heavy atom. The first kappa shape index (κ1) is 9.39. The van der Waals surface area contributed by atoms with Gasteiger partial charge in [0.1, 0.15) is 0 Å². The number of nitro groups is 1. The zero-order valence-corrected chi connectivity index (χ0v) is 8.12. The average molecular weight is 203 g/mol. The van der Waals surface area contributed by atoms with E-state index in [0.717, 1.165) is 5.69 Å². The zero-order chi connectivity index (χ0) is 10.8. The summed E-state index contributed by atoms with van der Waals surface area (Å²) in [5.41, 5.74) is 1.37. The van der Waals surface area contributed by atoms with Crippen molar-refractivity contribution in [2.24, 2.45) is 0 Å². The first-order valence-corrected chi connectivity index (χ1v) is 4.44. The van der Waals surface area contributed by atoms with Crippen molar-refractivity contribution in [3.63, 3.8) is 0 Å². The first-order chi connectivity index (χ1) is 7.18. The van der Waals surface area contributed by atoms with Crippen LogP contribution < -0.4 is 0 Å². The van der Waals surface area contributed by atoms with E-state index in [9.17, 15) is 10.1 Å². The van der Waals surface area contributed by atoms with Crippen molar-refractivity contribution in [2.45, 2.75) is 6.92 Å². The molecule has 15 heavy (non-hydrogen) atoms. The van der Waals surface area contributed by atoms with Crippen molar-refractivity contribution < 1.29 is 4.92 Å². The van der Waals surface area contributed by atoms with Crippen molar-refractivity contribution in [3.8, 4) is 5.69 Å². The maximum Gasteiger partial charge on any atom is 0.393 e. The lowest BCUT2D eigenvalue weighted by molar-refractivity contribution is -0.390. The molecule has 0 N–H and O–H groups in total. The van der Waals surface area contributed by atoms with Crippen molar-refractivity contribution in [2.75, 3.05) is 0 Å². The van der Waals surface area contributed by atoms with Crippen LogP contribution in [0.25, 0.3) is 5.69 Å². The van der Waals surface area contributed by atoms with Gasteiger partial charge in [0.2, 0.25) is 0 Å². The van der Waals surface area contributed by atoms with Gasteiger partial charge in [0.05, 0.1) is 22.5 Å². The smallest absolute Gasteiger partial charge is 0.358 e. The summed E-state index contributed by atoms with van der Waals surface area (Å²) in [5.74, 6) is -0.0983. The number of aromatic nitrogens is 2. The average Bonchev–Trinajstić information content (AvgIpc) is 2.62. The molecule has 0 spiro atoms. The minimum absolute atomic E-state index is 0.0983. The summed E-state index contributed by atoms with van der Waals surface area (Å²) in [6.45, 7) is 1.67. The number of para-hydroxylation sites is 1. The summed E-state index contributed by atoms with van der Waals surface area (Å²) < 4.78 is 1.51. The Bertz CT molecular complexity index is 491. The molecule has 2 aromatic rings. The molecule has 76 valence electrons. The van der Waals surface area contributed by atoms with Gasteiger partial charge in [-0.3, -0.25) is 0 Å². The molecule has 5 nitrogen and oxygen atoms in total. The topological polar surface area (TPSA) is 61.0 Å². The lowest BCUT2D eigenvalue weighted by atomic mass is 10.3. The molecule has 5 heteroatoms. The third kappa shape index (κ3) is 1.71. The Morgan fingerprint density at radius 2 is 2.00 bits per heavy atom. The quantitative estimate of drug-likeness (QED) is 0.554. The molecule has 0 bridgehead atoms. The van der Waals surface area contributed by atoms with Crippen LogP contribution in [-0.4, -0.2) is 14.7 Å². The van der Waals surface area contributed by atoms with Gasteiger partial charge in [-0.05, 0) is 24.0 Å². The zero-order valence-electron chi connectivity index (χ0n) is 8.12. The molecule has 1 aromatic heterocycles. The predicted molar refractivity (Wildman–Crippen MR) is 55.0 cm³/mol. The van der Waals surface area contributed by atoms with E-state index in [0.29, 0.717) is 5.56 Å². The fraction of sp³-hybridized carbons (Fsp3) is 0.100. The van der Waals surface area contributed by atoms with E-state index < -0.39 is 4.92 Å². The third-order valence-corrected chi connectivity index (χ3v) is 2.06. The lowest BCUT2D eigenvalue weighted by Crippen LogP contribution is -1.96. The molecule has 0 saturated heterocycles. The van der Waals surface area contributed by atoms with Crippen LogP contribution in [0.5, 0.6) is 0 Å². The highest BCUT2D eigenvalue weighted by molar-refractivity contribution is 5.36. The van der Waals surface area contributed by atoms with Crippen molar-refractivity contribution in [1.29, 1.82) is 0 Å². The van der Waals surface area contributed by atoms with Gasteiger partial charge in [-0.1, -0.05) is 18.2 Å². The van der Waals surface area contributed by atoms with Crippen LogP contribution in [0.15, 0.2) is 36.5 Å². The minimum atomic E-state index is -0.477. The molecular weight excluding hydrogens is 194 g/mol.